The number of pyridine rings is 1. The Morgan fingerprint density at radius 1 is 1.03 bits per heavy atom. The number of likely N-dealkylation sites (tertiary alicyclic amines) is 1. The summed E-state index contributed by atoms with van der Waals surface area (Å²) in [6.07, 6.45) is 3.32. The third kappa shape index (κ3) is 5.20. The van der Waals surface area contributed by atoms with Crippen molar-refractivity contribution in [3.05, 3.63) is 83.3 Å². The van der Waals surface area contributed by atoms with Gasteiger partial charge in [-0.05, 0) is 74.4 Å². The van der Waals surface area contributed by atoms with E-state index in [4.69, 9.17) is 10.1 Å². The fourth-order valence-electron chi connectivity index (χ4n) is 5.93. The summed E-state index contributed by atoms with van der Waals surface area (Å²) in [6.45, 7) is 3.17. The van der Waals surface area contributed by atoms with Crippen molar-refractivity contribution in [3.63, 3.8) is 0 Å². The van der Waals surface area contributed by atoms with E-state index in [9.17, 15) is 17.6 Å². The fourth-order valence-corrected chi connectivity index (χ4v) is 7.62. The van der Waals surface area contributed by atoms with Gasteiger partial charge in [0.1, 0.15) is 5.82 Å². The molecule has 4 heterocycles. The smallest absolute Gasteiger partial charge is 0.254 e. The largest absolute Gasteiger partial charge is 0.339 e. The van der Waals surface area contributed by atoms with E-state index in [-0.39, 0.29) is 29.3 Å². The van der Waals surface area contributed by atoms with Gasteiger partial charge in [-0.1, -0.05) is 30.3 Å². The molecule has 7 nitrogen and oxygen atoms in total. The Kier molecular flexibility index (Phi) is 6.71. The summed E-state index contributed by atoms with van der Waals surface area (Å²) < 4.78 is 39.8. The molecule has 39 heavy (non-hydrogen) atoms. The normalized spacial score (nSPS) is 19.5. The van der Waals surface area contributed by atoms with Crippen LogP contribution in [0.2, 0.25) is 0 Å². The van der Waals surface area contributed by atoms with Crippen molar-refractivity contribution in [2.45, 2.75) is 38.6 Å². The molecule has 0 spiro atoms. The quantitative estimate of drug-likeness (QED) is 0.352. The number of halogens is 1. The van der Waals surface area contributed by atoms with Gasteiger partial charge in [0, 0.05) is 18.7 Å². The molecule has 0 aliphatic carbocycles. The van der Waals surface area contributed by atoms with Gasteiger partial charge in [-0.3, -0.25) is 4.79 Å². The maximum atomic E-state index is 14.0. The SMILES string of the molecule is Cc1nn(C2CCS(=O)(=O)C2)c2nc(-c3ccc(F)cc3)cc(C(=O)N3CCC(Cc4ccccc4)CC3)c12. The predicted octanol–water partition coefficient (Wildman–Crippen LogP) is 5.00. The van der Waals surface area contributed by atoms with Crippen LogP contribution in [0.25, 0.3) is 22.3 Å². The number of amides is 1. The number of carbonyl (C=O) groups excluding carboxylic acids is 1. The number of hydrogen-bond donors (Lipinski definition) is 0. The molecule has 1 unspecified atom stereocenters. The van der Waals surface area contributed by atoms with Gasteiger partial charge in [0.05, 0.1) is 39.9 Å². The number of piperidine rings is 1. The van der Waals surface area contributed by atoms with E-state index in [0.717, 1.165) is 19.3 Å². The van der Waals surface area contributed by atoms with Crippen molar-refractivity contribution in [1.82, 2.24) is 19.7 Å². The maximum absolute atomic E-state index is 14.0. The molecule has 6 rings (SSSR count). The highest BCUT2D eigenvalue weighted by Gasteiger charge is 2.33. The van der Waals surface area contributed by atoms with Crippen molar-refractivity contribution in [2.75, 3.05) is 24.6 Å². The van der Waals surface area contributed by atoms with Gasteiger partial charge in [0.25, 0.3) is 5.91 Å². The van der Waals surface area contributed by atoms with E-state index < -0.39 is 9.84 Å². The molecule has 202 valence electrons. The predicted molar refractivity (Wildman–Crippen MR) is 149 cm³/mol. The summed E-state index contributed by atoms with van der Waals surface area (Å²) in [4.78, 5) is 20.8. The van der Waals surface area contributed by atoms with Crippen LogP contribution >= 0.6 is 0 Å². The topological polar surface area (TPSA) is 85.2 Å². The standard InChI is InChI=1S/C30H31FN4O3S/c1-20-28-26(30(36)34-14-11-22(12-15-34)17-21-5-3-2-4-6-21)18-27(23-7-9-24(31)10-8-23)32-29(28)35(33-20)25-13-16-39(37,38)19-25/h2-10,18,22,25H,11-17,19H2,1H3. The summed E-state index contributed by atoms with van der Waals surface area (Å²) in [7, 11) is -3.15. The second-order valence-electron chi connectivity index (χ2n) is 10.8. The van der Waals surface area contributed by atoms with Crippen LogP contribution in [-0.4, -0.2) is 58.6 Å². The van der Waals surface area contributed by atoms with Gasteiger partial charge in [-0.15, -0.1) is 0 Å². The van der Waals surface area contributed by atoms with Crippen molar-refractivity contribution in [2.24, 2.45) is 5.92 Å². The van der Waals surface area contributed by atoms with E-state index in [2.05, 4.69) is 24.3 Å². The zero-order valence-electron chi connectivity index (χ0n) is 21.9. The van der Waals surface area contributed by atoms with Gasteiger partial charge in [0.15, 0.2) is 15.5 Å². The lowest BCUT2D eigenvalue weighted by molar-refractivity contribution is 0.0692. The number of hydrogen-bond acceptors (Lipinski definition) is 5. The Balaban J connectivity index is 1.35. The highest BCUT2D eigenvalue weighted by atomic mass is 32.2. The average molecular weight is 547 g/mol. The molecule has 2 saturated heterocycles. The Morgan fingerprint density at radius 2 is 1.74 bits per heavy atom. The molecule has 2 aromatic heterocycles. The van der Waals surface area contributed by atoms with Gasteiger partial charge in [-0.2, -0.15) is 5.10 Å². The second kappa shape index (κ2) is 10.2. The first-order valence-electron chi connectivity index (χ1n) is 13.5. The van der Waals surface area contributed by atoms with Crippen molar-refractivity contribution in [1.29, 1.82) is 0 Å². The first-order chi connectivity index (χ1) is 18.8. The summed E-state index contributed by atoms with van der Waals surface area (Å²) in [6, 6.07) is 17.9. The molecule has 9 heteroatoms. The van der Waals surface area contributed by atoms with E-state index in [0.29, 0.717) is 59.0 Å². The van der Waals surface area contributed by atoms with Crippen molar-refractivity contribution in [3.8, 4) is 11.3 Å². The Hall–Kier alpha value is -3.59. The summed E-state index contributed by atoms with van der Waals surface area (Å²) in [5.41, 5.74) is 4.18. The molecule has 0 radical (unpaired) electrons. The van der Waals surface area contributed by atoms with Crippen LogP contribution < -0.4 is 0 Å². The first kappa shape index (κ1) is 25.7. The minimum atomic E-state index is -3.15. The zero-order chi connectivity index (χ0) is 27.1. The molecule has 0 saturated carbocycles. The third-order valence-electron chi connectivity index (χ3n) is 8.03. The van der Waals surface area contributed by atoms with E-state index in [1.165, 1.54) is 17.7 Å². The monoisotopic (exact) mass is 546 g/mol. The van der Waals surface area contributed by atoms with Crippen LogP contribution in [0.5, 0.6) is 0 Å². The summed E-state index contributed by atoms with van der Waals surface area (Å²) in [5.74, 6) is 0.207. The highest BCUT2D eigenvalue weighted by Crippen LogP contribution is 2.33. The number of carbonyl (C=O) groups is 1. The molecule has 1 atom stereocenters. The maximum Gasteiger partial charge on any atom is 0.254 e. The molecule has 0 bridgehead atoms. The van der Waals surface area contributed by atoms with Gasteiger partial charge in [-0.25, -0.2) is 22.5 Å². The zero-order valence-corrected chi connectivity index (χ0v) is 22.7. The minimum Gasteiger partial charge on any atom is -0.339 e. The lowest BCUT2D eigenvalue weighted by atomic mass is 9.90. The molecule has 1 amide bonds. The Labute approximate surface area is 227 Å². The van der Waals surface area contributed by atoms with E-state index >= 15 is 0 Å². The second-order valence-corrected chi connectivity index (χ2v) is 13.0. The first-order valence-corrected chi connectivity index (χ1v) is 15.3. The van der Waals surface area contributed by atoms with Crippen LogP contribution in [0.3, 0.4) is 0 Å². The van der Waals surface area contributed by atoms with E-state index in [1.54, 1.807) is 22.9 Å². The number of aromatic nitrogens is 3. The van der Waals surface area contributed by atoms with Gasteiger partial charge in [0.2, 0.25) is 0 Å². The fraction of sp³-hybridized carbons (Fsp3) is 0.367. The number of benzene rings is 2. The Bertz CT molecular complexity index is 1630. The number of sulfone groups is 1. The molecule has 2 aliphatic rings. The molecular weight excluding hydrogens is 515 g/mol. The summed E-state index contributed by atoms with van der Waals surface area (Å²) in [5, 5.41) is 5.35. The number of fused-ring (bicyclic) bond motifs is 1. The number of rotatable bonds is 5. The molecular formula is C30H31FN4O3S. The molecule has 2 fully saturated rings. The average Bonchev–Trinajstić information content (AvgIpc) is 3.47. The molecule has 0 N–H and O–H groups in total. The van der Waals surface area contributed by atoms with Crippen LogP contribution in [0, 0.1) is 18.7 Å². The minimum absolute atomic E-state index is 0.00385. The van der Waals surface area contributed by atoms with Crippen LogP contribution in [-0.2, 0) is 16.3 Å². The van der Waals surface area contributed by atoms with E-state index in [1.807, 2.05) is 17.9 Å². The van der Waals surface area contributed by atoms with Gasteiger partial charge >= 0.3 is 0 Å². The van der Waals surface area contributed by atoms with Crippen LogP contribution in [0.15, 0.2) is 60.7 Å². The third-order valence-corrected chi connectivity index (χ3v) is 9.78. The lowest BCUT2D eigenvalue weighted by Crippen LogP contribution is -2.39. The molecule has 4 aromatic rings. The molecule has 2 aliphatic heterocycles. The van der Waals surface area contributed by atoms with Crippen molar-refractivity contribution < 1.29 is 17.6 Å². The summed E-state index contributed by atoms with van der Waals surface area (Å²) >= 11 is 0. The number of aryl methyl sites for hydroxylation is 1. The number of nitrogens with zero attached hydrogens (tertiary/aromatic N) is 4. The van der Waals surface area contributed by atoms with Crippen LogP contribution in [0.1, 0.15) is 46.9 Å². The lowest BCUT2D eigenvalue weighted by Gasteiger charge is -2.32. The van der Waals surface area contributed by atoms with Crippen LogP contribution in [0.4, 0.5) is 4.39 Å². The highest BCUT2D eigenvalue weighted by molar-refractivity contribution is 7.91. The van der Waals surface area contributed by atoms with Gasteiger partial charge < -0.3 is 4.90 Å². The van der Waals surface area contributed by atoms with Crippen molar-refractivity contribution >= 4 is 26.8 Å². The Morgan fingerprint density at radius 3 is 2.41 bits per heavy atom. The molecule has 2 aromatic carbocycles.